The summed E-state index contributed by atoms with van der Waals surface area (Å²) in [5.41, 5.74) is 2.61. The third kappa shape index (κ3) is 5.24. The number of para-hydroxylation sites is 1. The Balaban J connectivity index is 1.54. The van der Waals surface area contributed by atoms with Crippen LogP contribution in [0.2, 0.25) is 0 Å². The van der Waals surface area contributed by atoms with E-state index in [1.165, 1.54) is 4.90 Å². The highest BCUT2D eigenvalue weighted by Gasteiger charge is 2.28. The van der Waals surface area contributed by atoms with E-state index in [2.05, 4.69) is 10.3 Å². The molecule has 0 fully saturated rings. The third-order valence-electron chi connectivity index (χ3n) is 5.56. The molecule has 0 unspecified atom stereocenters. The molecule has 9 heteroatoms. The van der Waals surface area contributed by atoms with Crippen LogP contribution in [0.15, 0.2) is 65.8 Å². The van der Waals surface area contributed by atoms with Crippen LogP contribution in [0.4, 0.5) is 11.5 Å². The fourth-order valence-electron chi connectivity index (χ4n) is 3.84. The molecule has 0 saturated carbocycles. The maximum atomic E-state index is 13.3. The predicted molar refractivity (Wildman–Crippen MR) is 132 cm³/mol. The fourth-order valence-corrected chi connectivity index (χ4v) is 3.84. The van der Waals surface area contributed by atoms with Crippen molar-refractivity contribution >= 4 is 29.0 Å². The van der Waals surface area contributed by atoms with Crippen molar-refractivity contribution in [1.82, 2.24) is 10.3 Å². The topological polar surface area (TPSA) is 102 Å². The molecule has 1 N–H and O–H groups in total. The number of benzene rings is 2. The first-order chi connectivity index (χ1) is 17.0. The van der Waals surface area contributed by atoms with E-state index in [9.17, 15) is 9.59 Å². The maximum absolute atomic E-state index is 13.3. The Morgan fingerprint density at radius 3 is 2.63 bits per heavy atom. The monoisotopic (exact) mass is 474 g/mol. The minimum absolute atomic E-state index is 0.0144. The van der Waals surface area contributed by atoms with Crippen molar-refractivity contribution in [2.75, 3.05) is 32.8 Å². The Bertz CT molecular complexity index is 1270. The number of hydrogen-bond acceptors (Lipinski definition) is 7. The number of carbonyl (C=O) groups excluding carboxylic acids is 2. The Kier molecular flexibility index (Phi) is 7.25. The highest BCUT2D eigenvalue weighted by atomic mass is 16.5. The van der Waals surface area contributed by atoms with Crippen molar-refractivity contribution < 1.29 is 23.8 Å². The number of aromatic nitrogens is 1. The molecule has 0 saturated heterocycles. The average Bonchev–Trinajstić information content (AvgIpc) is 3.03. The first-order valence-corrected chi connectivity index (χ1v) is 11.0. The summed E-state index contributed by atoms with van der Waals surface area (Å²) in [7, 11) is 4.68. The molecule has 4 rings (SSSR count). The van der Waals surface area contributed by atoms with Crippen LogP contribution < -0.4 is 24.4 Å². The number of ether oxygens (including phenoxy) is 3. The van der Waals surface area contributed by atoms with E-state index in [0.717, 1.165) is 11.1 Å². The highest BCUT2D eigenvalue weighted by Crippen LogP contribution is 2.32. The zero-order chi connectivity index (χ0) is 24.8. The van der Waals surface area contributed by atoms with Gasteiger partial charge in [-0.2, -0.15) is 0 Å². The van der Waals surface area contributed by atoms with Gasteiger partial charge in [0.1, 0.15) is 18.0 Å². The minimum atomic E-state index is -0.343. The van der Waals surface area contributed by atoms with E-state index in [-0.39, 0.29) is 31.3 Å². The van der Waals surface area contributed by atoms with Crippen LogP contribution in [0.3, 0.4) is 0 Å². The molecule has 1 aromatic heterocycles. The normalized spacial score (nSPS) is 12.8. The van der Waals surface area contributed by atoms with Crippen molar-refractivity contribution in [1.29, 1.82) is 0 Å². The lowest BCUT2D eigenvalue weighted by Gasteiger charge is -2.21. The van der Waals surface area contributed by atoms with Gasteiger partial charge in [0.05, 0.1) is 33.5 Å². The number of hydrogen-bond donors (Lipinski definition) is 1. The smallest absolute Gasteiger partial charge is 0.240 e. The Morgan fingerprint density at radius 1 is 1.03 bits per heavy atom. The van der Waals surface area contributed by atoms with Gasteiger partial charge in [-0.25, -0.2) is 9.98 Å². The van der Waals surface area contributed by atoms with Crippen LogP contribution in [-0.4, -0.2) is 50.4 Å². The third-order valence-corrected chi connectivity index (χ3v) is 5.56. The van der Waals surface area contributed by atoms with Crippen LogP contribution in [0.5, 0.6) is 17.2 Å². The van der Waals surface area contributed by atoms with E-state index < -0.39 is 0 Å². The van der Waals surface area contributed by atoms with Crippen LogP contribution in [0, 0.1) is 0 Å². The van der Waals surface area contributed by atoms with Crippen molar-refractivity contribution in [3.8, 4) is 17.2 Å². The summed E-state index contributed by atoms with van der Waals surface area (Å²) in [6.45, 7) is 0.0118. The molecule has 0 atom stereocenters. The van der Waals surface area contributed by atoms with E-state index >= 15 is 0 Å². The van der Waals surface area contributed by atoms with Gasteiger partial charge in [-0.05, 0) is 30.3 Å². The summed E-state index contributed by atoms with van der Waals surface area (Å²) in [4.78, 5) is 36.6. The lowest BCUT2D eigenvalue weighted by atomic mass is 10.1. The summed E-state index contributed by atoms with van der Waals surface area (Å²) < 4.78 is 16.0. The van der Waals surface area contributed by atoms with Crippen LogP contribution in [-0.2, 0) is 16.1 Å². The minimum Gasteiger partial charge on any atom is -0.497 e. The standard InChI is InChI=1S/C26H26N4O5/c1-33-19-9-4-7-17(13-19)21-14-24(32)30(26-20(29-21)10-6-12-27-26)16-23(31)28-15-18-8-5-11-22(34-2)25(18)35-3/h4-13H,14-16H2,1-3H3,(H,28,31). The lowest BCUT2D eigenvalue weighted by molar-refractivity contribution is -0.123. The van der Waals surface area contributed by atoms with Gasteiger partial charge < -0.3 is 19.5 Å². The largest absolute Gasteiger partial charge is 0.497 e. The van der Waals surface area contributed by atoms with Gasteiger partial charge in [-0.15, -0.1) is 0 Å². The van der Waals surface area contributed by atoms with Gasteiger partial charge in [-0.3, -0.25) is 14.5 Å². The summed E-state index contributed by atoms with van der Waals surface area (Å²) in [6, 6.07) is 16.3. The number of aliphatic imine (C=N–C) groups is 1. The molecule has 35 heavy (non-hydrogen) atoms. The number of fused-ring (bicyclic) bond motifs is 1. The summed E-state index contributed by atoms with van der Waals surface area (Å²) >= 11 is 0. The molecule has 180 valence electrons. The van der Waals surface area contributed by atoms with Gasteiger partial charge >= 0.3 is 0 Å². The van der Waals surface area contributed by atoms with Gasteiger partial charge in [0.2, 0.25) is 11.8 Å². The van der Waals surface area contributed by atoms with E-state index in [1.807, 2.05) is 36.4 Å². The van der Waals surface area contributed by atoms with Crippen LogP contribution in [0.25, 0.3) is 0 Å². The number of rotatable bonds is 8. The average molecular weight is 475 g/mol. The van der Waals surface area contributed by atoms with Crippen molar-refractivity contribution in [3.05, 3.63) is 71.9 Å². The van der Waals surface area contributed by atoms with E-state index in [1.54, 1.807) is 45.7 Å². The summed E-state index contributed by atoms with van der Waals surface area (Å²) in [5, 5.41) is 2.85. The number of nitrogens with zero attached hydrogens (tertiary/aromatic N) is 3. The molecule has 2 amide bonds. The zero-order valence-electron chi connectivity index (χ0n) is 19.8. The SMILES string of the molecule is COc1cccc(C2=Nc3cccnc3N(CC(=O)NCc3cccc(OC)c3OC)C(=O)C2)c1. The lowest BCUT2D eigenvalue weighted by Crippen LogP contribution is -2.41. The molecule has 0 spiro atoms. The molecule has 2 aromatic carbocycles. The number of anilines is 1. The van der Waals surface area contributed by atoms with E-state index in [0.29, 0.717) is 34.5 Å². The summed E-state index contributed by atoms with van der Waals surface area (Å²) in [6.07, 6.45) is 1.59. The number of pyridine rings is 1. The molecule has 3 aromatic rings. The Labute approximate surface area is 203 Å². The quantitative estimate of drug-likeness (QED) is 0.538. The number of nitrogens with one attached hydrogen (secondary N) is 1. The predicted octanol–water partition coefficient (Wildman–Crippen LogP) is 3.28. The second kappa shape index (κ2) is 10.7. The Hall–Kier alpha value is -4.40. The van der Waals surface area contributed by atoms with Gasteiger partial charge in [-0.1, -0.05) is 24.3 Å². The second-order valence-corrected chi connectivity index (χ2v) is 7.72. The zero-order valence-corrected chi connectivity index (χ0v) is 19.8. The van der Waals surface area contributed by atoms with Crippen LogP contribution in [0.1, 0.15) is 17.5 Å². The molecular formula is C26H26N4O5. The van der Waals surface area contributed by atoms with Crippen molar-refractivity contribution in [2.45, 2.75) is 13.0 Å². The first kappa shape index (κ1) is 23.7. The second-order valence-electron chi connectivity index (χ2n) is 7.72. The number of methoxy groups -OCH3 is 3. The first-order valence-electron chi connectivity index (χ1n) is 11.0. The van der Waals surface area contributed by atoms with Crippen molar-refractivity contribution in [3.63, 3.8) is 0 Å². The van der Waals surface area contributed by atoms with Gasteiger partial charge in [0.15, 0.2) is 17.3 Å². The molecular weight excluding hydrogens is 448 g/mol. The molecule has 9 nitrogen and oxygen atoms in total. The molecule has 0 radical (unpaired) electrons. The van der Waals surface area contributed by atoms with Crippen LogP contribution >= 0.6 is 0 Å². The molecule has 0 bridgehead atoms. The summed E-state index contributed by atoms with van der Waals surface area (Å²) in [5.74, 6) is 1.50. The molecule has 2 heterocycles. The Morgan fingerprint density at radius 2 is 1.86 bits per heavy atom. The van der Waals surface area contributed by atoms with E-state index in [4.69, 9.17) is 19.2 Å². The van der Waals surface area contributed by atoms with Gasteiger partial charge in [0, 0.05) is 23.9 Å². The van der Waals surface area contributed by atoms with Crippen molar-refractivity contribution in [2.24, 2.45) is 4.99 Å². The highest BCUT2D eigenvalue weighted by molar-refractivity contribution is 6.18. The molecule has 1 aliphatic heterocycles. The van der Waals surface area contributed by atoms with Gasteiger partial charge in [0.25, 0.3) is 0 Å². The maximum Gasteiger partial charge on any atom is 0.240 e. The number of amides is 2. The molecule has 1 aliphatic rings. The molecule has 0 aliphatic carbocycles. The fraction of sp³-hybridized carbons (Fsp3) is 0.231. The number of carbonyl (C=O) groups is 2.